The van der Waals surface area contributed by atoms with Crippen LogP contribution in [0.2, 0.25) is 0 Å². The molecular weight excluding hydrogens is 194 g/mol. The molecule has 0 aromatic carbocycles. The zero-order valence-corrected chi connectivity index (χ0v) is 10.1. The molecule has 1 saturated carbocycles. The number of amides is 1. The predicted octanol–water partition coefficient (Wildman–Crippen LogP) is 2.49. The van der Waals surface area contributed by atoms with Crippen LogP contribution >= 0.6 is 12.6 Å². The van der Waals surface area contributed by atoms with Crippen LogP contribution in [0.3, 0.4) is 0 Å². The van der Waals surface area contributed by atoms with Crippen molar-refractivity contribution in [1.29, 1.82) is 0 Å². The van der Waals surface area contributed by atoms with Crippen molar-refractivity contribution in [2.24, 2.45) is 0 Å². The van der Waals surface area contributed by atoms with Crippen LogP contribution in [0.15, 0.2) is 0 Å². The van der Waals surface area contributed by atoms with E-state index < -0.39 is 0 Å². The van der Waals surface area contributed by atoms with Crippen LogP contribution in [0.1, 0.15) is 45.4 Å². The van der Waals surface area contributed by atoms with Gasteiger partial charge in [-0.25, -0.2) is 0 Å². The van der Waals surface area contributed by atoms with E-state index in [2.05, 4.69) is 12.6 Å². The van der Waals surface area contributed by atoms with Crippen LogP contribution in [0.25, 0.3) is 0 Å². The normalized spacial score (nSPS) is 20.5. The molecule has 0 radical (unpaired) electrons. The minimum Gasteiger partial charge on any atom is -0.342 e. The summed E-state index contributed by atoms with van der Waals surface area (Å²) < 4.78 is 0. The van der Waals surface area contributed by atoms with Gasteiger partial charge in [0.05, 0.1) is 5.25 Å². The first-order valence-electron chi connectivity index (χ1n) is 5.61. The van der Waals surface area contributed by atoms with Gasteiger partial charge in [0.25, 0.3) is 0 Å². The van der Waals surface area contributed by atoms with Crippen LogP contribution in [0.5, 0.6) is 0 Å². The van der Waals surface area contributed by atoms with Crippen molar-refractivity contribution < 1.29 is 4.79 Å². The number of nitrogens with zero attached hydrogens (tertiary/aromatic N) is 1. The third-order valence-electron chi connectivity index (χ3n) is 3.14. The Morgan fingerprint density at radius 3 is 2.50 bits per heavy atom. The summed E-state index contributed by atoms with van der Waals surface area (Å²) in [5.74, 6) is 0.197. The Bertz CT molecular complexity index is 190. The Labute approximate surface area is 92.5 Å². The molecule has 3 heteroatoms. The number of thiol groups is 1. The third-order valence-corrected chi connectivity index (χ3v) is 3.73. The SMILES string of the molecule is CCC(S)C(=O)N(C)C1CCCCC1. The average Bonchev–Trinajstić information content (AvgIpc) is 2.27. The molecule has 1 unspecified atom stereocenters. The third kappa shape index (κ3) is 2.91. The molecular formula is C11H21NOS. The first kappa shape index (κ1) is 11.9. The summed E-state index contributed by atoms with van der Waals surface area (Å²) >= 11 is 4.29. The molecule has 1 fully saturated rings. The molecule has 1 aliphatic rings. The van der Waals surface area contributed by atoms with Crippen LogP contribution in [0.4, 0.5) is 0 Å². The van der Waals surface area contributed by atoms with Crippen LogP contribution in [-0.4, -0.2) is 29.1 Å². The van der Waals surface area contributed by atoms with Gasteiger partial charge >= 0.3 is 0 Å². The summed E-state index contributed by atoms with van der Waals surface area (Å²) in [5, 5.41) is -0.109. The molecule has 0 bridgehead atoms. The smallest absolute Gasteiger partial charge is 0.235 e. The molecule has 0 saturated heterocycles. The van der Waals surface area contributed by atoms with Crippen molar-refractivity contribution >= 4 is 18.5 Å². The van der Waals surface area contributed by atoms with Crippen molar-refractivity contribution in [2.45, 2.75) is 56.7 Å². The molecule has 1 aliphatic carbocycles. The molecule has 82 valence electrons. The molecule has 14 heavy (non-hydrogen) atoms. The Morgan fingerprint density at radius 1 is 1.43 bits per heavy atom. The number of hydrogen-bond acceptors (Lipinski definition) is 2. The van der Waals surface area contributed by atoms with E-state index in [-0.39, 0.29) is 11.2 Å². The summed E-state index contributed by atoms with van der Waals surface area (Å²) in [6.45, 7) is 2.00. The summed E-state index contributed by atoms with van der Waals surface area (Å²) in [4.78, 5) is 13.7. The van der Waals surface area contributed by atoms with Gasteiger partial charge in [0.2, 0.25) is 5.91 Å². The maximum absolute atomic E-state index is 11.8. The molecule has 2 nitrogen and oxygen atoms in total. The first-order valence-corrected chi connectivity index (χ1v) is 6.13. The highest BCUT2D eigenvalue weighted by atomic mass is 32.1. The second-order valence-corrected chi connectivity index (χ2v) is 4.79. The molecule has 1 amide bonds. The molecule has 0 heterocycles. The fraction of sp³-hybridized carbons (Fsp3) is 0.909. The van der Waals surface area contributed by atoms with Crippen LogP contribution in [-0.2, 0) is 4.79 Å². The van der Waals surface area contributed by atoms with E-state index in [0.717, 1.165) is 6.42 Å². The van der Waals surface area contributed by atoms with Gasteiger partial charge in [0.1, 0.15) is 0 Å². The van der Waals surface area contributed by atoms with Gasteiger partial charge in [-0.1, -0.05) is 26.2 Å². The molecule has 0 spiro atoms. The molecule has 0 aromatic heterocycles. The van der Waals surface area contributed by atoms with Crippen LogP contribution < -0.4 is 0 Å². The summed E-state index contributed by atoms with van der Waals surface area (Å²) in [5.41, 5.74) is 0. The predicted molar refractivity (Wildman–Crippen MR) is 62.7 cm³/mol. The summed E-state index contributed by atoms with van der Waals surface area (Å²) in [7, 11) is 1.93. The fourth-order valence-corrected chi connectivity index (χ4v) is 2.24. The maximum atomic E-state index is 11.8. The van der Waals surface area contributed by atoms with Crippen molar-refractivity contribution in [3.63, 3.8) is 0 Å². The Balaban J connectivity index is 2.45. The van der Waals surface area contributed by atoms with Crippen molar-refractivity contribution in [2.75, 3.05) is 7.05 Å². The maximum Gasteiger partial charge on any atom is 0.235 e. The van der Waals surface area contributed by atoms with E-state index in [1.807, 2.05) is 18.9 Å². The van der Waals surface area contributed by atoms with Crippen molar-refractivity contribution in [1.82, 2.24) is 4.90 Å². The van der Waals surface area contributed by atoms with E-state index in [9.17, 15) is 4.79 Å². The second-order valence-electron chi connectivity index (χ2n) is 4.17. The summed E-state index contributed by atoms with van der Waals surface area (Å²) in [6, 6.07) is 0.470. The monoisotopic (exact) mass is 215 g/mol. The van der Waals surface area contributed by atoms with E-state index in [1.165, 1.54) is 32.1 Å². The molecule has 0 aromatic rings. The Hall–Kier alpha value is -0.180. The zero-order valence-electron chi connectivity index (χ0n) is 9.20. The highest BCUT2D eigenvalue weighted by Crippen LogP contribution is 2.22. The highest BCUT2D eigenvalue weighted by molar-refractivity contribution is 7.81. The van der Waals surface area contributed by atoms with Gasteiger partial charge < -0.3 is 4.90 Å². The molecule has 0 aliphatic heterocycles. The van der Waals surface area contributed by atoms with Gasteiger partial charge in [-0.05, 0) is 19.3 Å². The first-order chi connectivity index (χ1) is 6.66. The van der Waals surface area contributed by atoms with Gasteiger partial charge in [-0.2, -0.15) is 12.6 Å². The second kappa shape index (κ2) is 5.64. The van der Waals surface area contributed by atoms with Crippen LogP contribution in [0, 0.1) is 0 Å². The number of carbonyl (C=O) groups is 1. The highest BCUT2D eigenvalue weighted by Gasteiger charge is 2.24. The lowest BCUT2D eigenvalue weighted by Gasteiger charge is -2.32. The minimum absolute atomic E-state index is 0.109. The number of carbonyl (C=O) groups excluding carboxylic acids is 1. The van der Waals surface area contributed by atoms with Crippen molar-refractivity contribution in [3.8, 4) is 0 Å². The lowest BCUT2D eigenvalue weighted by Crippen LogP contribution is -2.42. The van der Waals surface area contributed by atoms with Gasteiger partial charge in [-0.15, -0.1) is 0 Å². The van der Waals surface area contributed by atoms with E-state index in [0.29, 0.717) is 6.04 Å². The topological polar surface area (TPSA) is 20.3 Å². The van der Waals surface area contributed by atoms with Gasteiger partial charge in [-0.3, -0.25) is 4.79 Å². The standard InChI is InChI=1S/C11H21NOS/c1-3-10(14)11(13)12(2)9-7-5-4-6-8-9/h9-10,14H,3-8H2,1-2H3. The number of hydrogen-bond donors (Lipinski definition) is 1. The lowest BCUT2D eigenvalue weighted by atomic mass is 9.94. The Kier molecular flexibility index (Phi) is 4.79. The van der Waals surface area contributed by atoms with Gasteiger partial charge in [0.15, 0.2) is 0 Å². The number of rotatable bonds is 3. The van der Waals surface area contributed by atoms with E-state index >= 15 is 0 Å². The van der Waals surface area contributed by atoms with E-state index in [4.69, 9.17) is 0 Å². The Morgan fingerprint density at radius 2 is 2.00 bits per heavy atom. The molecule has 1 atom stereocenters. The van der Waals surface area contributed by atoms with Crippen molar-refractivity contribution in [3.05, 3.63) is 0 Å². The fourth-order valence-electron chi connectivity index (χ4n) is 2.06. The largest absolute Gasteiger partial charge is 0.342 e. The molecule has 0 N–H and O–H groups in total. The zero-order chi connectivity index (χ0) is 10.6. The minimum atomic E-state index is -0.109. The van der Waals surface area contributed by atoms with Gasteiger partial charge in [0, 0.05) is 13.1 Å². The average molecular weight is 215 g/mol. The summed E-state index contributed by atoms with van der Waals surface area (Å²) in [6.07, 6.45) is 7.03. The molecule has 1 rings (SSSR count). The quantitative estimate of drug-likeness (QED) is 0.717. The van der Waals surface area contributed by atoms with E-state index in [1.54, 1.807) is 0 Å². The lowest BCUT2D eigenvalue weighted by molar-refractivity contribution is -0.131.